The molecule has 0 atom stereocenters. The summed E-state index contributed by atoms with van der Waals surface area (Å²) in [5.74, 6) is -24.4. The predicted molar refractivity (Wildman–Crippen MR) is 58.3 cm³/mol. The molecule has 0 unspecified atom stereocenters. The third kappa shape index (κ3) is 3.03. The smallest absolute Gasteiger partial charge is 0.201 e. The van der Waals surface area contributed by atoms with Gasteiger partial charge in [-0.05, 0) is 0 Å². The van der Waals surface area contributed by atoms with E-state index >= 15 is 0 Å². The molecule has 0 radical (unpaired) electrons. The Morgan fingerprint density at radius 3 is 1.36 bits per heavy atom. The summed E-state index contributed by atoms with van der Waals surface area (Å²) >= 11 is 0. The Morgan fingerprint density at radius 2 is 1.00 bits per heavy atom. The van der Waals surface area contributed by atoms with Gasteiger partial charge in [-0.2, -0.15) is 49.3 Å². The molecule has 0 fully saturated rings. The molecule has 0 N–H and O–H groups in total. The van der Waals surface area contributed by atoms with Gasteiger partial charge in [-0.25, -0.2) is 22.0 Å². The molecule has 0 aliphatic rings. The summed E-state index contributed by atoms with van der Waals surface area (Å²) in [5.41, 5.74) is -9.45. The number of alkyl halides is 8. The van der Waals surface area contributed by atoms with Crippen LogP contribution in [0.25, 0.3) is 5.69 Å². The zero-order valence-corrected chi connectivity index (χ0v) is 12.2. The van der Waals surface area contributed by atoms with E-state index in [9.17, 15) is 61.5 Å². The number of rotatable bonds is 2. The van der Waals surface area contributed by atoms with Crippen molar-refractivity contribution in [2.24, 2.45) is 0 Å². The minimum Gasteiger partial charge on any atom is -0.201 e. The van der Waals surface area contributed by atoms with Gasteiger partial charge in [0.05, 0.1) is 0 Å². The Kier molecular flexibility index (Phi) is 4.84. The van der Waals surface area contributed by atoms with Crippen LogP contribution in [0.4, 0.5) is 61.5 Å². The summed E-state index contributed by atoms with van der Waals surface area (Å²) in [6, 6.07) is 0. The molecular formula is C12F14N2. The highest BCUT2D eigenvalue weighted by atomic mass is 19.4. The van der Waals surface area contributed by atoms with Crippen molar-refractivity contribution in [2.45, 2.75) is 18.3 Å². The van der Waals surface area contributed by atoms with E-state index in [1.807, 2.05) is 5.10 Å². The highest BCUT2D eigenvalue weighted by Gasteiger charge is 2.64. The minimum absolute atomic E-state index is 1.52. The van der Waals surface area contributed by atoms with E-state index in [0.29, 0.717) is 0 Å². The molecule has 2 rings (SSSR count). The molecule has 0 saturated carbocycles. The van der Waals surface area contributed by atoms with Crippen LogP contribution in [0.1, 0.15) is 11.3 Å². The summed E-state index contributed by atoms with van der Waals surface area (Å²) < 4.78 is 181. The molecule has 1 aromatic carbocycles. The van der Waals surface area contributed by atoms with Gasteiger partial charge in [-0.1, -0.05) is 0 Å². The summed E-state index contributed by atoms with van der Waals surface area (Å²) in [7, 11) is 0. The first-order valence-corrected chi connectivity index (χ1v) is 6.27. The molecule has 28 heavy (non-hydrogen) atoms. The summed E-state index contributed by atoms with van der Waals surface area (Å²) in [6.07, 6.45) is -13.1. The van der Waals surface area contributed by atoms with Gasteiger partial charge in [0, 0.05) is 0 Å². The molecule has 2 aromatic rings. The van der Waals surface area contributed by atoms with Crippen molar-refractivity contribution < 1.29 is 61.5 Å². The molecule has 2 nitrogen and oxygen atoms in total. The normalized spacial score (nSPS) is 13.4. The summed E-state index contributed by atoms with van der Waals surface area (Å²) in [6.45, 7) is 0. The lowest BCUT2D eigenvalue weighted by Crippen LogP contribution is -2.36. The summed E-state index contributed by atoms with van der Waals surface area (Å²) in [5, 5.41) is 1.83. The second kappa shape index (κ2) is 6.23. The molecule has 156 valence electrons. The van der Waals surface area contributed by atoms with Gasteiger partial charge in [0.2, 0.25) is 11.8 Å². The monoisotopic (exact) mass is 438 g/mol. The van der Waals surface area contributed by atoms with Gasteiger partial charge in [-0.15, -0.1) is 0 Å². The maximum absolute atomic E-state index is 13.9. The van der Waals surface area contributed by atoms with E-state index in [4.69, 9.17) is 0 Å². The molecule has 0 bridgehead atoms. The maximum atomic E-state index is 13.9. The molecule has 0 aliphatic heterocycles. The maximum Gasteiger partial charge on any atom is 0.459 e. The average molecular weight is 438 g/mol. The molecular weight excluding hydrogens is 438 g/mol. The van der Waals surface area contributed by atoms with Crippen molar-refractivity contribution in [2.75, 3.05) is 0 Å². The summed E-state index contributed by atoms with van der Waals surface area (Å²) in [4.78, 5) is 0. The minimum atomic E-state index is -6.78. The largest absolute Gasteiger partial charge is 0.459 e. The van der Waals surface area contributed by atoms with Crippen molar-refractivity contribution in [3.63, 3.8) is 0 Å². The lowest BCUT2D eigenvalue weighted by molar-refractivity contribution is -0.292. The predicted octanol–water partition coefficient (Wildman–Crippen LogP) is 5.38. The van der Waals surface area contributed by atoms with Crippen LogP contribution >= 0.6 is 0 Å². The van der Waals surface area contributed by atoms with Crippen LogP contribution in [0.3, 0.4) is 0 Å². The van der Waals surface area contributed by atoms with E-state index in [2.05, 4.69) is 0 Å². The van der Waals surface area contributed by atoms with Crippen LogP contribution in [0.5, 0.6) is 0 Å². The van der Waals surface area contributed by atoms with Gasteiger partial charge in [0.1, 0.15) is 11.3 Å². The second-order valence-electron chi connectivity index (χ2n) is 4.91. The second-order valence-corrected chi connectivity index (χ2v) is 4.91. The van der Waals surface area contributed by atoms with Crippen LogP contribution in [-0.2, 0) is 12.1 Å². The van der Waals surface area contributed by atoms with Crippen molar-refractivity contribution >= 4 is 0 Å². The van der Waals surface area contributed by atoms with Crippen molar-refractivity contribution in [1.29, 1.82) is 0 Å². The Hall–Kier alpha value is -2.55. The fourth-order valence-electron chi connectivity index (χ4n) is 1.93. The Balaban J connectivity index is 3.00. The first-order valence-electron chi connectivity index (χ1n) is 6.27. The molecule has 0 saturated heterocycles. The number of aromatic nitrogens is 2. The standard InChI is InChI=1S/C12F14N2/c13-2-3(14)5(16)7(6(17)4(2)15)28-9(18)1(11(21,22)23)8(27-28)10(19,20)12(24,25)26. The number of hydrogen-bond donors (Lipinski definition) is 0. The lowest BCUT2D eigenvalue weighted by Gasteiger charge is -2.19. The Morgan fingerprint density at radius 1 is 0.607 bits per heavy atom. The van der Waals surface area contributed by atoms with E-state index in [1.165, 1.54) is 0 Å². The fourth-order valence-corrected chi connectivity index (χ4v) is 1.93. The zero-order chi connectivity index (χ0) is 22.0. The molecule has 1 heterocycles. The third-order valence-corrected chi connectivity index (χ3v) is 3.16. The first-order chi connectivity index (χ1) is 12.4. The highest BCUT2D eigenvalue weighted by Crippen LogP contribution is 2.48. The topological polar surface area (TPSA) is 17.8 Å². The van der Waals surface area contributed by atoms with Crippen molar-refractivity contribution in [1.82, 2.24) is 9.78 Å². The van der Waals surface area contributed by atoms with Crippen molar-refractivity contribution in [3.8, 4) is 5.69 Å². The van der Waals surface area contributed by atoms with Gasteiger partial charge in [-0.3, -0.25) is 0 Å². The number of hydrogen-bond acceptors (Lipinski definition) is 1. The molecule has 1 aromatic heterocycles. The lowest BCUT2D eigenvalue weighted by atomic mass is 10.1. The SMILES string of the molecule is Fc1c(F)c(F)c(-n2nc(C(F)(F)C(F)(F)F)c(C(F)(F)F)c2F)c(F)c1F. The van der Waals surface area contributed by atoms with Crippen LogP contribution in [0.2, 0.25) is 0 Å². The molecule has 16 heteroatoms. The first kappa shape index (κ1) is 21.7. The highest BCUT2D eigenvalue weighted by molar-refractivity contribution is 5.40. The van der Waals surface area contributed by atoms with E-state index in [1.54, 1.807) is 0 Å². The van der Waals surface area contributed by atoms with E-state index in [-0.39, 0.29) is 0 Å². The Labute approximate surface area is 143 Å². The molecule has 0 spiro atoms. The third-order valence-electron chi connectivity index (χ3n) is 3.16. The number of nitrogens with zero attached hydrogens (tertiary/aromatic N) is 2. The van der Waals surface area contributed by atoms with Gasteiger partial charge < -0.3 is 0 Å². The average Bonchev–Trinajstić information content (AvgIpc) is 2.88. The van der Waals surface area contributed by atoms with Gasteiger partial charge in [0.25, 0.3) is 0 Å². The number of benzene rings is 1. The van der Waals surface area contributed by atoms with Crippen LogP contribution in [0, 0.1) is 35.0 Å². The van der Waals surface area contributed by atoms with Crippen LogP contribution < -0.4 is 0 Å². The fraction of sp³-hybridized carbons (Fsp3) is 0.250. The van der Waals surface area contributed by atoms with Crippen LogP contribution in [0.15, 0.2) is 0 Å². The molecule has 0 amide bonds. The Bertz CT molecular complexity index is 907. The zero-order valence-electron chi connectivity index (χ0n) is 12.2. The number of halogens is 14. The quantitative estimate of drug-likeness (QED) is 0.350. The van der Waals surface area contributed by atoms with Crippen molar-refractivity contribution in [3.05, 3.63) is 46.3 Å². The van der Waals surface area contributed by atoms with E-state index < -0.39 is 74.9 Å². The van der Waals surface area contributed by atoms with E-state index in [0.717, 1.165) is 0 Å². The van der Waals surface area contributed by atoms with Gasteiger partial charge in [0.15, 0.2) is 29.0 Å². The molecule has 0 aliphatic carbocycles. The van der Waals surface area contributed by atoms with Crippen LogP contribution in [-0.4, -0.2) is 16.0 Å². The van der Waals surface area contributed by atoms with Gasteiger partial charge >= 0.3 is 18.3 Å².